The SMILES string of the molecule is CCOC(=O)c1c(NC(=O)CNC(C)c2ccccn2)sc(-c2ccccc2)c1C. The Morgan fingerprint density at radius 1 is 1.13 bits per heavy atom. The number of thiophene rings is 1. The van der Waals surface area contributed by atoms with Crippen LogP contribution in [0.2, 0.25) is 0 Å². The highest BCUT2D eigenvalue weighted by Gasteiger charge is 2.24. The van der Waals surface area contributed by atoms with E-state index in [2.05, 4.69) is 15.6 Å². The number of hydrogen-bond donors (Lipinski definition) is 2. The molecule has 2 aromatic heterocycles. The van der Waals surface area contributed by atoms with Crippen molar-refractivity contribution in [2.45, 2.75) is 26.8 Å². The average molecular weight is 424 g/mol. The molecule has 0 spiro atoms. The van der Waals surface area contributed by atoms with Crippen molar-refractivity contribution in [1.29, 1.82) is 0 Å². The summed E-state index contributed by atoms with van der Waals surface area (Å²) in [5, 5.41) is 6.55. The van der Waals surface area contributed by atoms with Gasteiger partial charge in [0, 0.05) is 17.1 Å². The number of esters is 1. The van der Waals surface area contributed by atoms with Gasteiger partial charge in [-0.25, -0.2) is 4.79 Å². The number of benzene rings is 1. The van der Waals surface area contributed by atoms with Crippen molar-refractivity contribution in [3.8, 4) is 10.4 Å². The highest BCUT2D eigenvalue weighted by atomic mass is 32.1. The lowest BCUT2D eigenvalue weighted by Crippen LogP contribution is -2.30. The molecule has 0 fully saturated rings. The highest BCUT2D eigenvalue weighted by Crippen LogP contribution is 2.40. The minimum atomic E-state index is -0.432. The molecular weight excluding hydrogens is 398 g/mol. The average Bonchev–Trinajstić information content (AvgIpc) is 3.09. The number of carbonyl (C=O) groups excluding carboxylic acids is 2. The van der Waals surface area contributed by atoms with Gasteiger partial charge in [0.1, 0.15) is 5.00 Å². The molecule has 2 N–H and O–H groups in total. The molecule has 0 bridgehead atoms. The van der Waals surface area contributed by atoms with Gasteiger partial charge in [-0.1, -0.05) is 36.4 Å². The zero-order valence-electron chi connectivity index (χ0n) is 17.3. The van der Waals surface area contributed by atoms with Crippen molar-refractivity contribution in [2.24, 2.45) is 0 Å². The predicted molar refractivity (Wildman–Crippen MR) is 120 cm³/mol. The van der Waals surface area contributed by atoms with Gasteiger partial charge in [0.25, 0.3) is 0 Å². The third-order valence-corrected chi connectivity index (χ3v) is 5.87. The molecule has 0 saturated heterocycles. The largest absolute Gasteiger partial charge is 0.462 e. The van der Waals surface area contributed by atoms with Gasteiger partial charge in [-0.2, -0.15) is 0 Å². The van der Waals surface area contributed by atoms with Gasteiger partial charge in [-0.05, 0) is 44.0 Å². The van der Waals surface area contributed by atoms with E-state index in [1.165, 1.54) is 11.3 Å². The third kappa shape index (κ3) is 5.11. The van der Waals surface area contributed by atoms with E-state index in [4.69, 9.17) is 4.74 Å². The Morgan fingerprint density at radius 2 is 1.87 bits per heavy atom. The maximum atomic E-state index is 12.6. The Balaban J connectivity index is 1.78. The second kappa shape index (κ2) is 10.1. The molecule has 6 nitrogen and oxygen atoms in total. The maximum absolute atomic E-state index is 12.6. The molecule has 1 atom stereocenters. The van der Waals surface area contributed by atoms with E-state index in [9.17, 15) is 9.59 Å². The molecule has 0 saturated carbocycles. The Labute approximate surface area is 180 Å². The van der Waals surface area contributed by atoms with Crippen LogP contribution in [0.5, 0.6) is 0 Å². The summed E-state index contributed by atoms with van der Waals surface area (Å²) < 4.78 is 5.23. The van der Waals surface area contributed by atoms with Crippen molar-refractivity contribution in [3.05, 3.63) is 71.5 Å². The van der Waals surface area contributed by atoms with Crippen LogP contribution in [0.4, 0.5) is 5.00 Å². The standard InChI is InChI=1S/C23H25N3O3S/c1-4-29-23(28)20-15(2)21(17-10-6-5-7-11-17)30-22(20)26-19(27)14-25-16(3)18-12-8-9-13-24-18/h5-13,16,25H,4,14H2,1-3H3,(H,26,27). The fourth-order valence-corrected chi connectivity index (χ4v) is 4.29. The van der Waals surface area contributed by atoms with Crippen LogP contribution in [0.1, 0.15) is 41.5 Å². The van der Waals surface area contributed by atoms with E-state index >= 15 is 0 Å². The molecule has 3 rings (SSSR count). The fraction of sp³-hybridized carbons (Fsp3) is 0.261. The number of ether oxygens (including phenoxy) is 1. The quantitative estimate of drug-likeness (QED) is 0.518. The lowest BCUT2D eigenvalue weighted by Gasteiger charge is -2.13. The molecule has 0 radical (unpaired) electrons. The van der Waals surface area contributed by atoms with Gasteiger partial charge in [-0.15, -0.1) is 11.3 Å². The van der Waals surface area contributed by atoms with Gasteiger partial charge in [0.05, 0.1) is 24.4 Å². The number of aromatic nitrogens is 1. The van der Waals surface area contributed by atoms with Crippen LogP contribution in [-0.4, -0.2) is 30.0 Å². The first kappa shape index (κ1) is 21.7. The molecule has 1 aromatic carbocycles. The number of hydrogen-bond acceptors (Lipinski definition) is 6. The van der Waals surface area contributed by atoms with E-state index in [1.807, 2.05) is 62.4 Å². The van der Waals surface area contributed by atoms with Gasteiger partial charge in [0.15, 0.2) is 0 Å². The normalized spacial score (nSPS) is 11.7. The van der Waals surface area contributed by atoms with Crippen LogP contribution in [0.15, 0.2) is 54.7 Å². The summed E-state index contributed by atoms with van der Waals surface area (Å²) in [5.74, 6) is -0.664. The van der Waals surface area contributed by atoms with Crippen molar-refractivity contribution in [2.75, 3.05) is 18.5 Å². The Morgan fingerprint density at radius 3 is 2.53 bits per heavy atom. The molecule has 0 aliphatic heterocycles. The van der Waals surface area contributed by atoms with Crippen LogP contribution in [0, 0.1) is 6.92 Å². The summed E-state index contributed by atoms with van der Waals surface area (Å²) in [6.07, 6.45) is 1.72. The molecule has 156 valence electrons. The molecule has 0 aliphatic carbocycles. The minimum absolute atomic E-state index is 0.0774. The smallest absolute Gasteiger partial charge is 0.341 e. The number of pyridine rings is 1. The monoisotopic (exact) mass is 423 g/mol. The number of amides is 1. The van der Waals surface area contributed by atoms with Crippen LogP contribution in [-0.2, 0) is 9.53 Å². The van der Waals surface area contributed by atoms with E-state index in [1.54, 1.807) is 13.1 Å². The van der Waals surface area contributed by atoms with Gasteiger partial charge >= 0.3 is 5.97 Å². The highest BCUT2D eigenvalue weighted by molar-refractivity contribution is 7.20. The lowest BCUT2D eigenvalue weighted by molar-refractivity contribution is -0.115. The molecule has 0 aliphatic rings. The number of nitrogens with one attached hydrogen (secondary N) is 2. The first-order valence-corrected chi connectivity index (χ1v) is 10.6. The Hall–Kier alpha value is -3.03. The van der Waals surface area contributed by atoms with Gasteiger partial charge < -0.3 is 15.4 Å². The molecular formula is C23H25N3O3S. The van der Waals surface area contributed by atoms with Crippen molar-refractivity contribution >= 4 is 28.2 Å². The van der Waals surface area contributed by atoms with Gasteiger partial charge in [0.2, 0.25) is 5.91 Å². The van der Waals surface area contributed by atoms with Crippen LogP contribution in [0.3, 0.4) is 0 Å². The topological polar surface area (TPSA) is 80.3 Å². The lowest BCUT2D eigenvalue weighted by atomic mass is 10.1. The van der Waals surface area contributed by atoms with Crippen LogP contribution >= 0.6 is 11.3 Å². The molecule has 2 heterocycles. The summed E-state index contributed by atoms with van der Waals surface area (Å²) in [6, 6.07) is 15.4. The van der Waals surface area contributed by atoms with Crippen LogP contribution in [0.25, 0.3) is 10.4 Å². The summed E-state index contributed by atoms with van der Waals surface area (Å²) in [7, 11) is 0. The van der Waals surface area contributed by atoms with Crippen molar-refractivity contribution < 1.29 is 14.3 Å². The second-order valence-electron chi connectivity index (χ2n) is 6.75. The predicted octanol–water partition coefficient (Wildman–Crippen LogP) is 4.58. The first-order valence-electron chi connectivity index (χ1n) is 9.81. The summed E-state index contributed by atoms with van der Waals surface area (Å²) in [5.41, 5.74) is 3.06. The van der Waals surface area contributed by atoms with E-state index in [0.717, 1.165) is 21.7 Å². The molecule has 1 unspecified atom stereocenters. The first-order chi connectivity index (χ1) is 14.5. The summed E-state index contributed by atoms with van der Waals surface area (Å²) >= 11 is 1.38. The molecule has 7 heteroatoms. The fourth-order valence-electron chi connectivity index (χ4n) is 3.07. The van der Waals surface area contributed by atoms with Crippen molar-refractivity contribution in [3.63, 3.8) is 0 Å². The zero-order chi connectivity index (χ0) is 21.5. The van der Waals surface area contributed by atoms with E-state index in [0.29, 0.717) is 10.6 Å². The van der Waals surface area contributed by atoms with E-state index in [-0.39, 0.29) is 25.1 Å². The summed E-state index contributed by atoms with van der Waals surface area (Å²) in [4.78, 5) is 30.4. The number of rotatable bonds is 8. The third-order valence-electron chi connectivity index (χ3n) is 4.62. The Kier molecular flexibility index (Phi) is 7.32. The number of carbonyl (C=O) groups is 2. The summed E-state index contributed by atoms with van der Waals surface area (Å²) in [6.45, 7) is 5.95. The zero-order valence-corrected chi connectivity index (χ0v) is 18.1. The second-order valence-corrected chi connectivity index (χ2v) is 7.77. The van der Waals surface area contributed by atoms with Crippen molar-refractivity contribution in [1.82, 2.24) is 10.3 Å². The molecule has 3 aromatic rings. The Bertz CT molecular complexity index is 1000. The van der Waals surface area contributed by atoms with Crippen LogP contribution < -0.4 is 10.6 Å². The minimum Gasteiger partial charge on any atom is -0.462 e. The molecule has 30 heavy (non-hydrogen) atoms. The number of anilines is 1. The van der Waals surface area contributed by atoms with Gasteiger partial charge in [-0.3, -0.25) is 9.78 Å². The molecule has 1 amide bonds. The maximum Gasteiger partial charge on any atom is 0.341 e. The van der Waals surface area contributed by atoms with E-state index < -0.39 is 5.97 Å². The number of nitrogens with zero attached hydrogens (tertiary/aromatic N) is 1.